The number of nitro benzene ring substituents is 1. The van der Waals surface area contributed by atoms with Crippen molar-refractivity contribution >= 4 is 15.7 Å². The van der Waals surface area contributed by atoms with Crippen LogP contribution < -0.4 is 4.72 Å². The zero-order valence-corrected chi connectivity index (χ0v) is 15.8. The number of nitro groups is 1. The van der Waals surface area contributed by atoms with Gasteiger partial charge in [0.05, 0.1) is 9.82 Å². The molecular weight excluding hydrogens is 340 g/mol. The summed E-state index contributed by atoms with van der Waals surface area (Å²) in [7, 11) is -3.87. The minimum Gasteiger partial charge on any atom is -0.258 e. The Morgan fingerprint density at radius 3 is 2.16 bits per heavy atom. The summed E-state index contributed by atoms with van der Waals surface area (Å²) in [5.74, 6) is 0. The van der Waals surface area contributed by atoms with Gasteiger partial charge in [0.15, 0.2) is 0 Å². The van der Waals surface area contributed by atoms with Gasteiger partial charge >= 0.3 is 0 Å². The quantitative estimate of drug-likeness (QED) is 0.646. The molecular formula is C18H22N2O4S. The molecule has 0 saturated heterocycles. The molecule has 25 heavy (non-hydrogen) atoms. The van der Waals surface area contributed by atoms with Gasteiger partial charge in [0.25, 0.3) is 5.69 Å². The molecule has 0 spiro atoms. The fraction of sp³-hybridized carbons (Fsp3) is 0.333. The van der Waals surface area contributed by atoms with Gasteiger partial charge in [-0.2, -0.15) is 0 Å². The summed E-state index contributed by atoms with van der Waals surface area (Å²) < 4.78 is 27.9. The fourth-order valence-corrected chi connectivity index (χ4v) is 4.01. The van der Waals surface area contributed by atoms with Crippen molar-refractivity contribution in [3.05, 3.63) is 68.3 Å². The zero-order valence-electron chi connectivity index (χ0n) is 15.0. The van der Waals surface area contributed by atoms with Crippen molar-refractivity contribution in [1.29, 1.82) is 0 Å². The Balaban J connectivity index is 2.37. The lowest BCUT2D eigenvalue weighted by atomic mass is 9.97. The number of nitrogens with one attached hydrogen (secondary N) is 1. The smallest absolute Gasteiger partial charge is 0.258 e. The largest absolute Gasteiger partial charge is 0.273 e. The minimum atomic E-state index is -3.87. The van der Waals surface area contributed by atoms with Gasteiger partial charge in [0.2, 0.25) is 10.0 Å². The SMILES string of the molecule is Cc1cc(C)c(C(C)NS(=O)(=O)c2ccc(C)c([N+](=O)[O-])c2)cc1C. The molecule has 2 aromatic carbocycles. The summed E-state index contributed by atoms with van der Waals surface area (Å²) in [5, 5.41) is 11.0. The summed E-state index contributed by atoms with van der Waals surface area (Å²) in [6, 6.07) is 7.45. The molecule has 7 heteroatoms. The molecule has 0 aromatic heterocycles. The second kappa shape index (κ2) is 6.93. The summed E-state index contributed by atoms with van der Waals surface area (Å²) in [4.78, 5) is 10.4. The number of hydrogen-bond acceptors (Lipinski definition) is 4. The van der Waals surface area contributed by atoms with Crippen LogP contribution in [0.15, 0.2) is 35.2 Å². The Hall–Kier alpha value is -2.25. The van der Waals surface area contributed by atoms with E-state index in [9.17, 15) is 18.5 Å². The maximum absolute atomic E-state index is 12.6. The molecule has 1 N–H and O–H groups in total. The monoisotopic (exact) mass is 362 g/mol. The predicted molar refractivity (Wildman–Crippen MR) is 97.2 cm³/mol. The van der Waals surface area contributed by atoms with Crippen LogP contribution in [0.1, 0.15) is 40.8 Å². The molecule has 0 aliphatic carbocycles. The van der Waals surface area contributed by atoms with Gasteiger partial charge in [0, 0.05) is 17.7 Å². The van der Waals surface area contributed by atoms with Crippen molar-refractivity contribution in [2.24, 2.45) is 0 Å². The average Bonchev–Trinajstić information content (AvgIpc) is 2.50. The first-order chi connectivity index (χ1) is 11.5. The Kier molecular flexibility index (Phi) is 5.29. The van der Waals surface area contributed by atoms with Crippen molar-refractivity contribution in [2.45, 2.75) is 45.6 Å². The molecule has 2 rings (SSSR count). The maximum atomic E-state index is 12.6. The van der Waals surface area contributed by atoms with E-state index in [0.717, 1.165) is 28.3 Å². The van der Waals surface area contributed by atoms with E-state index < -0.39 is 21.0 Å². The first-order valence-corrected chi connectivity index (χ1v) is 9.36. The molecule has 0 amide bonds. The van der Waals surface area contributed by atoms with Crippen LogP contribution >= 0.6 is 0 Å². The van der Waals surface area contributed by atoms with E-state index in [4.69, 9.17) is 0 Å². The lowest BCUT2D eigenvalue weighted by Gasteiger charge is -2.18. The lowest BCUT2D eigenvalue weighted by Crippen LogP contribution is -2.27. The predicted octanol–water partition coefficient (Wildman–Crippen LogP) is 3.87. The molecule has 0 bridgehead atoms. The number of sulfonamides is 1. The van der Waals surface area contributed by atoms with Crippen LogP contribution in [0.5, 0.6) is 0 Å². The molecule has 0 saturated carbocycles. The maximum Gasteiger partial charge on any atom is 0.273 e. The van der Waals surface area contributed by atoms with Crippen LogP contribution in [0.25, 0.3) is 0 Å². The molecule has 2 aromatic rings. The van der Waals surface area contributed by atoms with Crippen molar-refractivity contribution in [2.75, 3.05) is 0 Å². The van der Waals surface area contributed by atoms with Gasteiger partial charge in [0.1, 0.15) is 0 Å². The number of hydrogen-bond donors (Lipinski definition) is 1. The second-order valence-electron chi connectivity index (χ2n) is 6.34. The lowest BCUT2D eigenvalue weighted by molar-refractivity contribution is -0.385. The first kappa shape index (κ1) is 19.1. The van der Waals surface area contributed by atoms with Crippen molar-refractivity contribution < 1.29 is 13.3 Å². The molecule has 134 valence electrons. The molecule has 0 aliphatic heterocycles. The van der Waals surface area contributed by atoms with E-state index in [2.05, 4.69) is 4.72 Å². The van der Waals surface area contributed by atoms with Gasteiger partial charge in [-0.3, -0.25) is 10.1 Å². The normalized spacial score (nSPS) is 12.8. The summed E-state index contributed by atoms with van der Waals surface area (Å²) in [5.41, 5.74) is 4.31. The average molecular weight is 362 g/mol. The van der Waals surface area contributed by atoms with Crippen molar-refractivity contribution in [3.63, 3.8) is 0 Å². The van der Waals surface area contributed by atoms with Gasteiger partial charge in [-0.1, -0.05) is 18.2 Å². The zero-order chi connectivity index (χ0) is 18.9. The molecule has 6 nitrogen and oxygen atoms in total. The Bertz CT molecular complexity index is 936. The number of rotatable bonds is 5. The van der Waals surface area contributed by atoms with Gasteiger partial charge in [-0.25, -0.2) is 13.1 Å². The molecule has 1 atom stereocenters. The number of nitrogens with zero attached hydrogens (tertiary/aromatic N) is 1. The van der Waals surface area contributed by atoms with Gasteiger partial charge < -0.3 is 0 Å². The Morgan fingerprint density at radius 1 is 0.960 bits per heavy atom. The second-order valence-corrected chi connectivity index (χ2v) is 8.06. The fourth-order valence-electron chi connectivity index (χ4n) is 2.77. The third-order valence-electron chi connectivity index (χ3n) is 4.37. The Morgan fingerprint density at radius 2 is 1.56 bits per heavy atom. The highest BCUT2D eigenvalue weighted by atomic mass is 32.2. The van der Waals surface area contributed by atoms with E-state index in [-0.39, 0.29) is 10.6 Å². The summed E-state index contributed by atoms with van der Waals surface area (Å²) >= 11 is 0. The highest BCUT2D eigenvalue weighted by molar-refractivity contribution is 7.89. The van der Waals surface area contributed by atoms with Crippen molar-refractivity contribution in [3.8, 4) is 0 Å². The number of benzene rings is 2. The van der Waals surface area contributed by atoms with Crippen molar-refractivity contribution in [1.82, 2.24) is 4.72 Å². The van der Waals surface area contributed by atoms with Gasteiger partial charge in [-0.15, -0.1) is 0 Å². The molecule has 0 radical (unpaired) electrons. The third-order valence-corrected chi connectivity index (χ3v) is 5.91. The van der Waals surface area contributed by atoms with Gasteiger partial charge in [-0.05, 0) is 62.9 Å². The molecule has 0 fully saturated rings. The topological polar surface area (TPSA) is 89.3 Å². The van der Waals surface area contributed by atoms with Crippen LogP contribution in [0.3, 0.4) is 0 Å². The van der Waals surface area contributed by atoms with Crippen LogP contribution in [0.2, 0.25) is 0 Å². The summed E-state index contributed by atoms with van der Waals surface area (Å²) in [6.07, 6.45) is 0. The van der Waals surface area contributed by atoms with E-state index in [1.807, 2.05) is 32.9 Å². The standard InChI is InChI=1S/C18H22N2O4S/c1-11-6-7-16(10-18(11)20(21)22)25(23,24)19-15(5)17-9-13(3)12(2)8-14(17)4/h6-10,15,19H,1-5H3. The third kappa shape index (κ3) is 4.05. The minimum absolute atomic E-state index is 0.113. The van der Waals surface area contributed by atoms with Crippen LogP contribution in [-0.4, -0.2) is 13.3 Å². The van der Waals surface area contributed by atoms with Crippen LogP contribution in [-0.2, 0) is 10.0 Å². The van der Waals surface area contributed by atoms with Crippen LogP contribution in [0.4, 0.5) is 5.69 Å². The van der Waals surface area contributed by atoms with Crippen LogP contribution in [0, 0.1) is 37.8 Å². The highest BCUT2D eigenvalue weighted by Crippen LogP contribution is 2.26. The molecule has 0 aliphatic rings. The Labute approximate surface area is 148 Å². The first-order valence-electron chi connectivity index (χ1n) is 7.88. The highest BCUT2D eigenvalue weighted by Gasteiger charge is 2.23. The van der Waals surface area contributed by atoms with E-state index in [1.54, 1.807) is 13.8 Å². The number of aryl methyl sites for hydroxylation is 4. The molecule has 1 unspecified atom stereocenters. The molecule has 0 heterocycles. The van der Waals surface area contributed by atoms with E-state index in [0.29, 0.717) is 5.56 Å². The summed E-state index contributed by atoms with van der Waals surface area (Å²) in [6.45, 7) is 9.25. The van der Waals surface area contributed by atoms with E-state index >= 15 is 0 Å². The van der Waals surface area contributed by atoms with E-state index in [1.165, 1.54) is 12.1 Å².